The summed E-state index contributed by atoms with van der Waals surface area (Å²) in [5.74, 6) is -0.158. The van der Waals surface area contributed by atoms with Gasteiger partial charge in [-0.05, 0) is 36.8 Å². The van der Waals surface area contributed by atoms with Crippen molar-refractivity contribution < 1.29 is 4.79 Å². The van der Waals surface area contributed by atoms with Gasteiger partial charge >= 0.3 is 5.69 Å². The number of benzene rings is 2. The fourth-order valence-electron chi connectivity index (χ4n) is 3.01. The van der Waals surface area contributed by atoms with Gasteiger partial charge in [0.25, 0.3) is 5.56 Å². The fourth-order valence-corrected chi connectivity index (χ4v) is 3.01. The topological polar surface area (TPSA) is 113 Å². The van der Waals surface area contributed by atoms with Crippen molar-refractivity contribution in [1.29, 1.82) is 0 Å². The number of hydrogen-bond acceptors (Lipinski definition) is 4. The normalized spacial score (nSPS) is 11.1. The van der Waals surface area contributed by atoms with Crippen LogP contribution < -0.4 is 16.6 Å². The monoisotopic (exact) mass is 363 g/mol. The maximum atomic E-state index is 12.4. The van der Waals surface area contributed by atoms with E-state index >= 15 is 0 Å². The lowest BCUT2D eigenvalue weighted by Crippen LogP contribution is -2.21. The predicted octanol–water partition coefficient (Wildman–Crippen LogP) is 1.98. The molecule has 0 saturated heterocycles. The second-order valence-electron chi connectivity index (χ2n) is 6.25. The number of nitrogens with one attached hydrogen (secondary N) is 3. The van der Waals surface area contributed by atoms with Gasteiger partial charge in [-0.15, -0.1) is 0 Å². The van der Waals surface area contributed by atoms with Gasteiger partial charge in [-0.2, -0.15) is 0 Å². The molecule has 0 spiro atoms. The quantitative estimate of drug-likeness (QED) is 0.503. The molecule has 0 aliphatic rings. The summed E-state index contributed by atoms with van der Waals surface area (Å²) in [4.78, 5) is 45.4. The average molecular weight is 363 g/mol. The molecule has 0 radical (unpaired) electrons. The van der Waals surface area contributed by atoms with Gasteiger partial charge in [0.1, 0.15) is 0 Å². The molecule has 0 unspecified atom stereocenters. The van der Waals surface area contributed by atoms with Crippen LogP contribution in [0.5, 0.6) is 0 Å². The zero-order chi connectivity index (χ0) is 18.8. The number of amides is 1. The van der Waals surface area contributed by atoms with E-state index in [1.807, 2.05) is 6.07 Å². The van der Waals surface area contributed by atoms with Gasteiger partial charge in [0, 0.05) is 18.7 Å². The zero-order valence-corrected chi connectivity index (χ0v) is 14.4. The summed E-state index contributed by atoms with van der Waals surface area (Å²) in [6.45, 7) is 0.411. The van der Waals surface area contributed by atoms with Crippen LogP contribution in [0.25, 0.3) is 21.9 Å². The molecule has 0 atom stereocenters. The number of para-hydroxylation sites is 1. The molecule has 8 heteroatoms. The van der Waals surface area contributed by atoms with E-state index in [-0.39, 0.29) is 23.6 Å². The van der Waals surface area contributed by atoms with Crippen molar-refractivity contribution in [3.63, 3.8) is 0 Å². The third-order valence-corrected chi connectivity index (χ3v) is 4.33. The molecule has 136 valence electrons. The number of aromatic amines is 2. The van der Waals surface area contributed by atoms with Gasteiger partial charge in [-0.1, -0.05) is 12.1 Å². The summed E-state index contributed by atoms with van der Waals surface area (Å²) < 4.78 is 1.52. The summed E-state index contributed by atoms with van der Waals surface area (Å²) in [5, 5.41) is 3.36. The number of rotatable bonds is 5. The zero-order valence-electron chi connectivity index (χ0n) is 14.4. The molecule has 27 heavy (non-hydrogen) atoms. The number of hydrogen-bond donors (Lipinski definition) is 3. The van der Waals surface area contributed by atoms with Crippen LogP contribution in [0.3, 0.4) is 0 Å². The molecular weight excluding hydrogens is 346 g/mol. The molecule has 0 saturated carbocycles. The van der Waals surface area contributed by atoms with Crippen molar-refractivity contribution in [3.05, 3.63) is 69.6 Å². The van der Waals surface area contributed by atoms with E-state index in [2.05, 4.69) is 20.3 Å². The smallest absolute Gasteiger partial charge is 0.323 e. The van der Waals surface area contributed by atoms with Crippen molar-refractivity contribution in [2.75, 3.05) is 5.32 Å². The maximum absolute atomic E-state index is 12.4. The Hall–Kier alpha value is -3.68. The summed E-state index contributed by atoms with van der Waals surface area (Å²) in [5.41, 5.74) is 2.18. The van der Waals surface area contributed by atoms with Gasteiger partial charge in [0.05, 0.1) is 28.3 Å². The summed E-state index contributed by atoms with van der Waals surface area (Å²) in [6, 6.07) is 12.3. The standard InChI is InChI=1S/C19H17N5O3/c25-17(21-12-7-8-15-16(10-12)23-19(27)22-15)6-3-9-24-11-20-14-5-2-1-4-13(14)18(24)26/h1-2,4-5,7-8,10-11H,3,6,9H2,(H,21,25)(H2,22,23,27). The number of carbonyl (C=O) groups is 1. The minimum atomic E-state index is -0.289. The van der Waals surface area contributed by atoms with Gasteiger partial charge in [-0.25, -0.2) is 9.78 Å². The third-order valence-electron chi connectivity index (χ3n) is 4.33. The number of aromatic nitrogens is 4. The van der Waals surface area contributed by atoms with Gasteiger partial charge in [-0.3, -0.25) is 14.2 Å². The molecule has 2 aromatic carbocycles. The molecule has 4 rings (SSSR count). The molecule has 1 amide bonds. The van der Waals surface area contributed by atoms with Crippen LogP contribution in [0, 0.1) is 0 Å². The van der Waals surface area contributed by atoms with Crippen LogP contribution in [0.1, 0.15) is 12.8 Å². The van der Waals surface area contributed by atoms with Crippen molar-refractivity contribution >= 4 is 33.5 Å². The molecule has 8 nitrogen and oxygen atoms in total. The number of aryl methyl sites for hydroxylation is 1. The Morgan fingerprint density at radius 2 is 1.89 bits per heavy atom. The van der Waals surface area contributed by atoms with Crippen molar-refractivity contribution in [3.8, 4) is 0 Å². The predicted molar refractivity (Wildman–Crippen MR) is 103 cm³/mol. The molecular formula is C19H17N5O3. The number of fused-ring (bicyclic) bond motifs is 2. The van der Waals surface area contributed by atoms with E-state index in [0.717, 1.165) is 0 Å². The van der Waals surface area contributed by atoms with Crippen molar-refractivity contribution in [2.24, 2.45) is 0 Å². The second kappa shape index (κ2) is 6.91. The summed E-state index contributed by atoms with van der Waals surface area (Å²) >= 11 is 0. The first kappa shape index (κ1) is 16.8. The molecule has 0 aliphatic carbocycles. The van der Waals surface area contributed by atoms with Crippen LogP contribution in [0.2, 0.25) is 0 Å². The third kappa shape index (κ3) is 3.50. The first-order valence-corrected chi connectivity index (χ1v) is 8.56. The Kier molecular flexibility index (Phi) is 4.29. The fraction of sp³-hybridized carbons (Fsp3) is 0.158. The van der Waals surface area contributed by atoms with Gasteiger partial charge in [0.2, 0.25) is 5.91 Å². The van der Waals surface area contributed by atoms with E-state index in [0.29, 0.717) is 40.6 Å². The first-order chi connectivity index (χ1) is 13.1. The highest BCUT2D eigenvalue weighted by Gasteiger charge is 2.07. The molecule has 2 heterocycles. The lowest BCUT2D eigenvalue weighted by atomic mass is 10.2. The largest absolute Gasteiger partial charge is 0.326 e. The molecule has 0 bridgehead atoms. The SMILES string of the molecule is O=C(CCCn1cnc2ccccc2c1=O)Nc1ccc2[nH]c(=O)[nH]c2c1. The van der Waals surface area contributed by atoms with Crippen LogP contribution >= 0.6 is 0 Å². The van der Waals surface area contributed by atoms with E-state index in [4.69, 9.17) is 0 Å². The molecule has 4 aromatic rings. The summed E-state index contributed by atoms with van der Waals surface area (Å²) in [6.07, 6.45) is 2.29. The second-order valence-corrected chi connectivity index (χ2v) is 6.25. The van der Waals surface area contributed by atoms with E-state index in [1.54, 1.807) is 36.4 Å². The maximum Gasteiger partial charge on any atom is 0.323 e. The Labute approximate surface area is 152 Å². The van der Waals surface area contributed by atoms with Gasteiger partial charge in [0.15, 0.2) is 0 Å². The van der Waals surface area contributed by atoms with E-state index < -0.39 is 0 Å². The van der Waals surface area contributed by atoms with Crippen LogP contribution in [0.4, 0.5) is 5.69 Å². The summed E-state index contributed by atoms with van der Waals surface area (Å²) in [7, 11) is 0. The minimum absolute atomic E-state index is 0.108. The number of carbonyl (C=O) groups excluding carboxylic acids is 1. The number of anilines is 1. The molecule has 2 aromatic heterocycles. The lowest BCUT2D eigenvalue weighted by Gasteiger charge is -2.07. The Balaban J connectivity index is 1.38. The first-order valence-electron chi connectivity index (χ1n) is 8.56. The van der Waals surface area contributed by atoms with Crippen molar-refractivity contribution in [2.45, 2.75) is 19.4 Å². The highest BCUT2D eigenvalue weighted by Crippen LogP contribution is 2.15. The number of imidazole rings is 1. The Morgan fingerprint density at radius 1 is 1.07 bits per heavy atom. The molecule has 3 N–H and O–H groups in total. The van der Waals surface area contributed by atoms with E-state index in [9.17, 15) is 14.4 Å². The Morgan fingerprint density at radius 3 is 2.78 bits per heavy atom. The molecule has 0 fully saturated rings. The number of H-pyrrole nitrogens is 2. The van der Waals surface area contributed by atoms with Crippen LogP contribution in [-0.2, 0) is 11.3 Å². The number of nitrogens with zero attached hydrogens (tertiary/aromatic N) is 2. The Bertz CT molecular complexity index is 1250. The van der Waals surface area contributed by atoms with E-state index in [1.165, 1.54) is 10.9 Å². The minimum Gasteiger partial charge on any atom is -0.326 e. The van der Waals surface area contributed by atoms with Crippen molar-refractivity contribution in [1.82, 2.24) is 19.5 Å². The highest BCUT2D eigenvalue weighted by molar-refractivity contribution is 5.92. The average Bonchev–Trinajstić information content (AvgIpc) is 3.03. The highest BCUT2D eigenvalue weighted by atomic mass is 16.2. The van der Waals surface area contributed by atoms with Crippen LogP contribution in [0.15, 0.2) is 58.4 Å². The van der Waals surface area contributed by atoms with Crippen LogP contribution in [-0.4, -0.2) is 25.4 Å². The van der Waals surface area contributed by atoms with Gasteiger partial charge < -0.3 is 15.3 Å². The molecule has 0 aliphatic heterocycles. The lowest BCUT2D eigenvalue weighted by molar-refractivity contribution is -0.116.